The number of aryl methyl sites for hydroxylation is 1. The normalized spacial score (nSPS) is 17.7. The van der Waals surface area contributed by atoms with Crippen molar-refractivity contribution in [2.24, 2.45) is 0 Å². The van der Waals surface area contributed by atoms with Gasteiger partial charge in [0.1, 0.15) is 24.6 Å². The van der Waals surface area contributed by atoms with Crippen LogP contribution in [0, 0.1) is 11.6 Å². The molecule has 1 aromatic heterocycles. The van der Waals surface area contributed by atoms with Crippen LogP contribution in [-0.4, -0.2) is 96.4 Å². The summed E-state index contributed by atoms with van der Waals surface area (Å²) in [4.78, 5) is 16.2. The number of benzene rings is 2. The molecule has 0 aliphatic carbocycles. The monoisotopic (exact) mass is 574 g/mol. The van der Waals surface area contributed by atoms with E-state index in [0.717, 1.165) is 30.7 Å². The van der Waals surface area contributed by atoms with Crippen LogP contribution in [-0.2, 0) is 22.6 Å². The highest BCUT2D eigenvalue weighted by molar-refractivity contribution is 5.77. The van der Waals surface area contributed by atoms with Crippen LogP contribution in [0.25, 0.3) is 0 Å². The van der Waals surface area contributed by atoms with Gasteiger partial charge in [-0.05, 0) is 35.9 Å². The number of aromatic nitrogens is 2. The fourth-order valence-electron chi connectivity index (χ4n) is 4.71. The molecule has 1 saturated heterocycles. The van der Waals surface area contributed by atoms with Crippen LogP contribution in [0.2, 0.25) is 0 Å². The number of carbonyl (C=O) groups is 1. The van der Waals surface area contributed by atoms with E-state index < -0.39 is 17.2 Å². The average Bonchev–Trinajstić information content (AvgIpc) is 3.42. The fourth-order valence-corrected chi connectivity index (χ4v) is 4.71. The molecule has 1 aliphatic heterocycles. The third-order valence-corrected chi connectivity index (χ3v) is 6.69. The van der Waals surface area contributed by atoms with Gasteiger partial charge in [-0.3, -0.25) is 14.4 Å². The van der Waals surface area contributed by atoms with Crippen molar-refractivity contribution in [2.75, 3.05) is 60.2 Å². The number of amides is 1. The molecule has 222 valence electrons. The molecular weight excluding hydrogens is 538 g/mol. The number of carbonyl (C=O) groups excluding carboxylic acids is 1. The van der Waals surface area contributed by atoms with E-state index in [1.165, 1.54) is 18.1 Å². The van der Waals surface area contributed by atoms with E-state index in [1.54, 1.807) is 13.3 Å². The zero-order chi connectivity index (χ0) is 29.2. The first-order valence-electron chi connectivity index (χ1n) is 13.3. The van der Waals surface area contributed by atoms with Crippen molar-refractivity contribution in [3.8, 4) is 17.2 Å². The third-order valence-electron chi connectivity index (χ3n) is 6.69. The second-order valence-electron chi connectivity index (χ2n) is 10.0. The van der Waals surface area contributed by atoms with E-state index in [9.17, 15) is 18.7 Å². The molecule has 2 aromatic carbocycles. The summed E-state index contributed by atoms with van der Waals surface area (Å²) in [5.41, 5.74) is -0.571. The molecule has 3 aromatic rings. The van der Waals surface area contributed by atoms with Gasteiger partial charge in [0.15, 0.2) is 23.1 Å². The topological polar surface area (TPSA) is 98.5 Å². The maximum Gasteiger partial charge on any atom is 0.248 e. The summed E-state index contributed by atoms with van der Waals surface area (Å²) >= 11 is 0. The molecule has 0 spiro atoms. The molecule has 1 aliphatic rings. The summed E-state index contributed by atoms with van der Waals surface area (Å²) < 4.78 is 51.0. The Bertz CT molecular complexity index is 1280. The number of halogens is 2. The molecule has 0 unspecified atom stereocenters. The molecule has 1 amide bonds. The lowest BCUT2D eigenvalue weighted by Crippen LogP contribution is -2.52. The number of aliphatic hydroxyl groups is 1. The zero-order valence-corrected chi connectivity index (χ0v) is 23.3. The third kappa shape index (κ3) is 8.62. The first kappa shape index (κ1) is 30.2. The zero-order valence-electron chi connectivity index (χ0n) is 23.3. The van der Waals surface area contributed by atoms with Crippen LogP contribution in [0.4, 0.5) is 8.78 Å². The molecule has 4 rings (SSSR count). The number of rotatable bonds is 13. The fraction of sp³-hybridized carbons (Fsp3) is 0.448. The van der Waals surface area contributed by atoms with Gasteiger partial charge in [-0.15, -0.1) is 0 Å². The Labute approximate surface area is 238 Å². The first-order chi connectivity index (χ1) is 19.8. The van der Waals surface area contributed by atoms with E-state index in [0.29, 0.717) is 37.7 Å². The van der Waals surface area contributed by atoms with Gasteiger partial charge >= 0.3 is 0 Å². The van der Waals surface area contributed by atoms with Gasteiger partial charge in [-0.1, -0.05) is 6.07 Å². The number of ether oxygens (including phenoxy) is 4. The van der Waals surface area contributed by atoms with Crippen LogP contribution in [0.5, 0.6) is 17.2 Å². The first-order valence-corrected chi connectivity index (χ1v) is 13.3. The van der Waals surface area contributed by atoms with E-state index in [1.807, 2.05) is 40.0 Å². The van der Waals surface area contributed by atoms with E-state index in [-0.39, 0.29) is 38.0 Å². The summed E-state index contributed by atoms with van der Waals surface area (Å²) in [6, 6.07) is 10.7. The summed E-state index contributed by atoms with van der Waals surface area (Å²) in [5, 5.41) is 15.8. The Hall–Kier alpha value is -3.74. The Kier molecular flexibility index (Phi) is 10.5. The van der Waals surface area contributed by atoms with Crippen molar-refractivity contribution < 1.29 is 37.6 Å². The van der Waals surface area contributed by atoms with Gasteiger partial charge in [-0.2, -0.15) is 5.10 Å². The van der Waals surface area contributed by atoms with Crippen molar-refractivity contribution >= 4 is 5.91 Å². The highest BCUT2D eigenvalue weighted by atomic mass is 19.2. The van der Waals surface area contributed by atoms with Gasteiger partial charge < -0.3 is 29.0 Å². The van der Waals surface area contributed by atoms with Gasteiger partial charge in [0.2, 0.25) is 5.91 Å². The summed E-state index contributed by atoms with van der Waals surface area (Å²) in [5.74, 6) is -1.02. The van der Waals surface area contributed by atoms with Crippen molar-refractivity contribution in [3.05, 3.63) is 72.1 Å². The van der Waals surface area contributed by atoms with Crippen LogP contribution >= 0.6 is 0 Å². The molecule has 2 heterocycles. The largest absolute Gasteiger partial charge is 0.493 e. The number of β-amino-alcohol motifs (C(OH)–C–C–N with tert-alkyl or cyclic N) is 1. The van der Waals surface area contributed by atoms with Crippen molar-refractivity contribution in [3.63, 3.8) is 0 Å². The van der Waals surface area contributed by atoms with E-state index in [4.69, 9.17) is 18.9 Å². The maximum atomic E-state index is 13.7. The predicted molar refractivity (Wildman–Crippen MR) is 146 cm³/mol. The SMILES string of the molecule is COCC(=O)N1CCN(Cc2ccc(OCCCn3cccn3)c(OC)c2)C[C@](O)(COc2ccc(F)c(F)c2)C1. The Morgan fingerprint density at radius 2 is 1.90 bits per heavy atom. The lowest BCUT2D eigenvalue weighted by Gasteiger charge is -2.33. The quantitative estimate of drug-likeness (QED) is 0.312. The molecule has 0 bridgehead atoms. The second-order valence-corrected chi connectivity index (χ2v) is 10.0. The van der Waals surface area contributed by atoms with Crippen molar-refractivity contribution in [1.29, 1.82) is 0 Å². The number of hydrogen-bond donors (Lipinski definition) is 1. The van der Waals surface area contributed by atoms with Gasteiger partial charge in [0.25, 0.3) is 0 Å². The summed E-state index contributed by atoms with van der Waals surface area (Å²) in [6.07, 6.45) is 4.42. The second kappa shape index (κ2) is 14.2. The van der Waals surface area contributed by atoms with Gasteiger partial charge in [0, 0.05) is 64.7 Å². The molecule has 10 nitrogen and oxygen atoms in total. The number of hydrogen-bond acceptors (Lipinski definition) is 8. The Balaban J connectivity index is 1.42. The number of methoxy groups -OCH3 is 2. The molecule has 41 heavy (non-hydrogen) atoms. The highest BCUT2D eigenvalue weighted by Gasteiger charge is 2.37. The van der Waals surface area contributed by atoms with Crippen LogP contribution in [0.1, 0.15) is 12.0 Å². The van der Waals surface area contributed by atoms with E-state index >= 15 is 0 Å². The van der Waals surface area contributed by atoms with Crippen molar-refractivity contribution in [1.82, 2.24) is 19.6 Å². The van der Waals surface area contributed by atoms with Crippen LogP contribution in [0.3, 0.4) is 0 Å². The molecule has 12 heteroatoms. The minimum atomic E-state index is -1.49. The minimum absolute atomic E-state index is 0.00992. The van der Waals surface area contributed by atoms with Crippen LogP contribution < -0.4 is 14.2 Å². The molecular formula is C29H36F2N4O6. The van der Waals surface area contributed by atoms with E-state index in [2.05, 4.69) is 5.10 Å². The Morgan fingerprint density at radius 3 is 2.63 bits per heavy atom. The molecule has 0 radical (unpaired) electrons. The molecule has 1 N–H and O–H groups in total. The molecule has 0 saturated carbocycles. The van der Waals surface area contributed by atoms with Crippen molar-refractivity contribution in [2.45, 2.75) is 25.1 Å². The molecule has 1 atom stereocenters. The lowest BCUT2D eigenvalue weighted by molar-refractivity contribution is -0.138. The predicted octanol–water partition coefficient (Wildman–Crippen LogP) is 2.74. The highest BCUT2D eigenvalue weighted by Crippen LogP contribution is 2.29. The lowest BCUT2D eigenvalue weighted by atomic mass is 10.0. The maximum absolute atomic E-state index is 13.7. The number of nitrogens with zero attached hydrogens (tertiary/aromatic N) is 4. The smallest absolute Gasteiger partial charge is 0.248 e. The standard InChI is InChI=1S/C29H36F2N4O6/c1-38-18-28(36)34-13-12-33(19-29(37,20-34)21-41-23-6-7-24(30)25(31)16-23)17-22-5-8-26(27(15-22)39-2)40-14-4-11-35-10-3-9-32-35/h3,5-10,15-16,37H,4,11-14,17-21H2,1-2H3/t29-/m1/s1. The molecule has 1 fully saturated rings. The Morgan fingerprint density at radius 1 is 1.05 bits per heavy atom. The summed E-state index contributed by atoms with van der Waals surface area (Å²) in [6.45, 7) is 2.34. The average molecular weight is 575 g/mol. The van der Waals surface area contributed by atoms with Gasteiger partial charge in [-0.25, -0.2) is 8.78 Å². The van der Waals surface area contributed by atoms with Gasteiger partial charge in [0.05, 0.1) is 20.3 Å². The summed E-state index contributed by atoms with van der Waals surface area (Å²) in [7, 11) is 3.01. The van der Waals surface area contributed by atoms with Crippen LogP contribution in [0.15, 0.2) is 54.9 Å². The minimum Gasteiger partial charge on any atom is -0.493 e.